The van der Waals surface area contributed by atoms with Crippen LogP contribution in [0.15, 0.2) is 54.6 Å². The van der Waals surface area contributed by atoms with Crippen LogP contribution in [0.5, 0.6) is 0 Å². The lowest BCUT2D eigenvalue weighted by atomic mass is 9.78. The summed E-state index contributed by atoms with van der Waals surface area (Å²) >= 11 is 2.26. The molecule has 2 unspecified atom stereocenters. The molecule has 0 saturated heterocycles. The third-order valence-corrected chi connectivity index (χ3v) is 12.5. The van der Waals surface area contributed by atoms with Gasteiger partial charge in [0.2, 0.25) is 0 Å². The third-order valence-electron chi connectivity index (χ3n) is 7.25. The number of alkyl carbamates (subject to hydrolysis) is 1. The lowest BCUT2D eigenvalue weighted by Gasteiger charge is -2.39. The van der Waals surface area contributed by atoms with E-state index in [1.807, 2.05) is 61.5 Å². The zero-order valence-corrected chi connectivity index (χ0v) is 26.4. The third kappa shape index (κ3) is 9.40. The van der Waals surface area contributed by atoms with Crippen LogP contribution >= 0.6 is 22.6 Å². The zero-order valence-electron chi connectivity index (χ0n) is 23.2. The largest absolute Gasteiger partial charge is 0.468 e. The van der Waals surface area contributed by atoms with Gasteiger partial charge in [-0.1, -0.05) is 63.2 Å². The maximum absolute atomic E-state index is 12.9. The van der Waals surface area contributed by atoms with Gasteiger partial charge in [-0.05, 0) is 90.2 Å². The molecular formula is C29H42INO5Si. The summed E-state index contributed by atoms with van der Waals surface area (Å²) < 4.78 is 18.4. The summed E-state index contributed by atoms with van der Waals surface area (Å²) in [6.07, 6.45) is 1.38. The Balaban J connectivity index is 2.08. The number of halogens is 1. The molecule has 0 saturated carbocycles. The molecule has 2 aromatic rings. The highest BCUT2D eigenvalue weighted by atomic mass is 127. The number of amides is 1. The molecule has 37 heavy (non-hydrogen) atoms. The number of carbonyl (C=O) groups is 2. The van der Waals surface area contributed by atoms with Crippen LogP contribution < -0.4 is 5.32 Å². The average molecular weight is 640 g/mol. The Morgan fingerprint density at radius 1 is 1.03 bits per heavy atom. The number of esters is 1. The number of methoxy groups -OCH3 is 1. The van der Waals surface area contributed by atoms with E-state index in [9.17, 15) is 9.59 Å². The average Bonchev–Trinajstić information content (AvgIpc) is 2.85. The van der Waals surface area contributed by atoms with Crippen LogP contribution in [0.2, 0.25) is 18.1 Å². The molecule has 0 aliphatic heterocycles. The zero-order chi connectivity index (χ0) is 27.7. The van der Waals surface area contributed by atoms with Crippen LogP contribution in [0.4, 0.5) is 4.79 Å². The first-order valence-corrected chi connectivity index (χ1v) is 16.7. The van der Waals surface area contributed by atoms with E-state index in [1.54, 1.807) is 0 Å². The van der Waals surface area contributed by atoms with Crippen molar-refractivity contribution in [1.82, 2.24) is 5.32 Å². The van der Waals surface area contributed by atoms with Crippen LogP contribution in [0.25, 0.3) is 0 Å². The van der Waals surface area contributed by atoms with Gasteiger partial charge in [0.25, 0.3) is 0 Å². The molecule has 0 fully saturated rings. The van der Waals surface area contributed by atoms with Gasteiger partial charge in [-0.15, -0.1) is 0 Å². The van der Waals surface area contributed by atoms with Gasteiger partial charge in [0.1, 0.15) is 6.61 Å². The second-order valence-corrected chi connectivity index (χ2v) is 17.2. The fourth-order valence-electron chi connectivity index (χ4n) is 3.87. The molecule has 2 rings (SSSR count). The van der Waals surface area contributed by atoms with Gasteiger partial charge in [0.05, 0.1) is 18.6 Å². The molecule has 0 aromatic heterocycles. The van der Waals surface area contributed by atoms with E-state index < -0.39 is 19.8 Å². The Labute approximate surface area is 237 Å². The van der Waals surface area contributed by atoms with E-state index >= 15 is 0 Å². The summed E-state index contributed by atoms with van der Waals surface area (Å²) in [6.45, 7) is 13.5. The van der Waals surface area contributed by atoms with Gasteiger partial charge in [0.15, 0.2) is 8.32 Å². The van der Waals surface area contributed by atoms with E-state index in [1.165, 1.54) is 7.11 Å². The van der Waals surface area contributed by atoms with Crippen molar-refractivity contribution < 1.29 is 23.5 Å². The van der Waals surface area contributed by atoms with Crippen molar-refractivity contribution in [3.63, 3.8) is 0 Å². The highest BCUT2D eigenvalue weighted by Crippen LogP contribution is 2.38. The first-order chi connectivity index (χ1) is 17.3. The van der Waals surface area contributed by atoms with Crippen LogP contribution in [0, 0.1) is 3.57 Å². The monoisotopic (exact) mass is 639 g/mol. The number of ether oxygens (including phenoxy) is 2. The van der Waals surface area contributed by atoms with Crippen molar-refractivity contribution in [2.75, 3.05) is 13.7 Å². The maximum Gasteiger partial charge on any atom is 0.407 e. The predicted molar refractivity (Wildman–Crippen MR) is 159 cm³/mol. The van der Waals surface area contributed by atoms with Gasteiger partial charge in [0, 0.05) is 10.1 Å². The molecule has 8 heteroatoms. The van der Waals surface area contributed by atoms with E-state index in [4.69, 9.17) is 13.9 Å². The van der Waals surface area contributed by atoms with Crippen molar-refractivity contribution in [2.45, 2.75) is 83.2 Å². The Kier molecular flexibility index (Phi) is 11.6. The Morgan fingerprint density at radius 3 is 2.30 bits per heavy atom. The van der Waals surface area contributed by atoms with Gasteiger partial charge in [-0.2, -0.15) is 0 Å². The number of rotatable bonds is 12. The molecule has 1 amide bonds. The normalized spacial score (nSPS) is 14.4. The van der Waals surface area contributed by atoms with Crippen LogP contribution in [-0.4, -0.2) is 40.1 Å². The standard InChI is InChI=1S/C29H42INO5Si/c1-28(2,3)37(6,7)36-25(20-31-27(33)35-21-22-13-9-8-10-14-22)17-12-18-29(4,26(32)34-5)23-15-11-16-24(30)19-23/h8-11,13-16,19,25H,12,17-18,20-21H2,1-7H3,(H,31,33). The minimum absolute atomic E-state index is 0.0281. The first kappa shape index (κ1) is 31.3. The summed E-state index contributed by atoms with van der Waals surface area (Å²) in [7, 11) is -0.658. The summed E-state index contributed by atoms with van der Waals surface area (Å²) in [5.74, 6) is -0.251. The lowest BCUT2D eigenvalue weighted by molar-refractivity contribution is -0.147. The Hall–Kier alpha value is -1.91. The van der Waals surface area contributed by atoms with E-state index in [-0.39, 0.29) is 23.7 Å². The fourth-order valence-corrected chi connectivity index (χ4v) is 5.80. The summed E-state index contributed by atoms with van der Waals surface area (Å²) in [6, 6.07) is 17.6. The van der Waals surface area contributed by atoms with Gasteiger partial charge in [-0.25, -0.2) is 4.79 Å². The molecule has 0 heterocycles. The van der Waals surface area contributed by atoms with Crippen LogP contribution in [0.1, 0.15) is 58.1 Å². The number of benzene rings is 2. The van der Waals surface area contributed by atoms with Gasteiger partial charge >= 0.3 is 12.1 Å². The Bertz CT molecular complexity index is 1020. The van der Waals surface area contributed by atoms with Crippen molar-refractivity contribution in [3.05, 3.63) is 69.3 Å². The second kappa shape index (κ2) is 13.8. The van der Waals surface area contributed by atoms with E-state index in [0.29, 0.717) is 19.4 Å². The lowest BCUT2D eigenvalue weighted by Crippen LogP contribution is -2.47. The number of nitrogens with one attached hydrogen (secondary N) is 1. The highest BCUT2D eigenvalue weighted by molar-refractivity contribution is 14.1. The number of hydrogen-bond acceptors (Lipinski definition) is 5. The molecule has 6 nitrogen and oxygen atoms in total. The molecule has 0 spiro atoms. The summed E-state index contributed by atoms with van der Waals surface area (Å²) in [5.41, 5.74) is 1.11. The van der Waals surface area contributed by atoms with Crippen molar-refractivity contribution in [3.8, 4) is 0 Å². The minimum atomic E-state index is -2.09. The van der Waals surface area contributed by atoms with E-state index in [0.717, 1.165) is 21.1 Å². The summed E-state index contributed by atoms with van der Waals surface area (Å²) in [5, 5.41) is 2.92. The number of carbonyl (C=O) groups excluding carboxylic acids is 2. The molecule has 2 aromatic carbocycles. The SMILES string of the molecule is COC(=O)C(C)(CCCC(CNC(=O)OCc1ccccc1)O[Si](C)(C)C(C)(C)C)c1cccc(I)c1. The van der Waals surface area contributed by atoms with Crippen molar-refractivity contribution in [2.24, 2.45) is 0 Å². The predicted octanol–water partition coefficient (Wildman–Crippen LogP) is 7.21. The summed E-state index contributed by atoms with van der Waals surface area (Å²) in [4.78, 5) is 25.3. The van der Waals surface area contributed by atoms with Crippen molar-refractivity contribution in [1.29, 1.82) is 0 Å². The van der Waals surface area contributed by atoms with Crippen LogP contribution in [-0.2, 0) is 30.7 Å². The molecule has 0 bridgehead atoms. The molecular weight excluding hydrogens is 597 g/mol. The highest BCUT2D eigenvalue weighted by Gasteiger charge is 2.40. The topological polar surface area (TPSA) is 73.9 Å². The van der Waals surface area contributed by atoms with Crippen molar-refractivity contribution >= 4 is 43.0 Å². The molecule has 204 valence electrons. The molecule has 0 aliphatic carbocycles. The Morgan fingerprint density at radius 2 is 1.70 bits per heavy atom. The molecule has 0 radical (unpaired) electrons. The van der Waals surface area contributed by atoms with Gasteiger partial charge in [-0.3, -0.25) is 4.79 Å². The first-order valence-electron chi connectivity index (χ1n) is 12.8. The molecule has 0 aliphatic rings. The molecule has 1 N–H and O–H groups in total. The number of hydrogen-bond donors (Lipinski definition) is 1. The maximum atomic E-state index is 12.9. The van der Waals surface area contributed by atoms with E-state index in [2.05, 4.69) is 61.8 Å². The van der Waals surface area contributed by atoms with Crippen LogP contribution in [0.3, 0.4) is 0 Å². The second-order valence-electron chi connectivity index (χ2n) is 11.2. The fraction of sp³-hybridized carbons (Fsp3) is 0.517. The smallest absolute Gasteiger partial charge is 0.407 e. The minimum Gasteiger partial charge on any atom is -0.468 e. The quantitative estimate of drug-likeness (QED) is 0.151. The molecule has 2 atom stereocenters. The van der Waals surface area contributed by atoms with Gasteiger partial charge < -0.3 is 19.2 Å².